The van der Waals surface area contributed by atoms with Gasteiger partial charge in [-0.3, -0.25) is 0 Å². The predicted molar refractivity (Wildman–Crippen MR) is 63.8 cm³/mol. The van der Waals surface area contributed by atoms with E-state index in [0.29, 0.717) is 23.7 Å². The molecule has 2 heterocycles. The summed E-state index contributed by atoms with van der Waals surface area (Å²) in [5.41, 5.74) is 2.53. The summed E-state index contributed by atoms with van der Waals surface area (Å²) in [4.78, 5) is 11.9. The van der Waals surface area contributed by atoms with Gasteiger partial charge in [0.25, 0.3) is 5.88 Å². The van der Waals surface area contributed by atoms with E-state index >= 15 is 0 Å². The van der Waals surface area contributed by atoms with Gasteiger partial charge in [0.05, 0.1) is 18.0 Å². The zero-order chi connectivity index (χ0) is 13.3. The minimum atomic E-state index is -0.446. The van der Waals surface area contributed by atoms with Crippen LogP contribution in [0.3, 0.4) is 0 Å². The van der Waals surface area contributed by atoms with Crippen LogP contribution >= 0.6 is 0 Å². The number of esters is 1. The number of carbonyl (C=O) groups is 1. The molecule has 0 aliphatic carbocycles. The quantitative estimate of drug-likeness (QED) is 0.778. The largest absolute Gasteiger partial charge is 0.462 e. The molecule has 2 rings (SSSR count). The van der Waals surface area contributed by atoms with Gasteiger partial charge in [0, 0.05) is 5.69 Å². The van der Waals surface area contributed by atoms with Crippen LogP contribution in [0.25, 0.3) is 5.88 Å². The summed E-state index contributed by atoms with van der Waals surface area (Å²) in [5, 5.41) is 8.08. The fourth-order valence-corrected chi connectivity index (χ4v) is 1.78. The van der Waals surface area contributed by atoms with Crippen LogP contribution in [-0.2, 0) is 4.74 Å². The molecule has 0 unspecified atom stereocenters. The fraction of sp³-hybridized carbons (Fsp3) is 0.417. The molecule has 6 heteroatoms. The van der Waals surface area contributed by atoms with E-state index in [1.165, 1.54) is 0 Å². The van der Waals surface area contributed by atoms with Gasteiger partial charge in [-0.1, -0.05) is 5.16 Å². The van der Waals surface area contributed by atoms with Crippen molar-refractivity contribution in [1.82, 2.24) is 14.9 Å². The van der Waals surface area contributed by atoms with Crippen molar-refractivity contribution in [2.45, 2.75) is 27.7 Å². The fourth-order valence-electron chi connectivity index (χ4n) is 1.78. The Hall–Kier alpha value is -2.11. The molecule has 0 amide bonds. The van der Waals surface area contributed by atoms with Crippen molar-refractivity contribution in [3.8, 4) is 5.88 Å². The van der Waals surface area contributed by atoms with Gasteiger partial charge in [-0.2, -0.15) is 5.10 Å². The van der Waals surface area contributed by atoms with Gasteiger partial charge in [-0.15, -0.1) is 0 Å². The summed E-state index contributed by atoms with van der Waals surface area (Å²) in [7, 11) is 0. The molecular formula is C12H15N3O3. The molecule has 0 bridgehead atoms. The molecule has 0 saturated heterocycles. The van der Waals surface area contributed by atoms with Crippen LogP contribution in [0.5, 0.6) is 0 Å². The molecule has 0 atom stereocenters. The van der Waals surface area contributed by atoms with E-state index in [1.807, 2.05) is 19.9 Å². The molecule has 2 aromatic rings. The number of carbonyl (C=O) groups excluding carboxylic acids is 1. The monoisotopic (exact) mass is 249 g/mol. The SMILES string of the molecule is CCOC(=O)c1c(C)noc1-n1nc(C)cc1C. The van der Waals surface area contributed by atoms with Gasteiger partial charge < -0.3 is 9.26 Å². The first-order valence-electron chi connectivity index (χ1n) is 5.71. The van der Waals surface area contributed by atoms with Gasteiger partial charge in [-0.25, -0.2) is 9.48 Å². The van der Waals surface area contributed by atoms with E-state index in [9.17, 15) is 4.79 Å². The van der Waals surface area contributed by atoms with E-state index in [1.54, 1.807) is 18.5 Å². The van der Waals surface area contributed by atoms with Crippen LogP contribution in [0.2, 0.25) is 0 Å². The highest BCUT2D eigenvalue weighted by Gasteiger charge is 2.24. The average Bonchev–Trinajstić information content (AvgIpc) is 2.82. The van der Waals surface area contributed by atoms with Crippen LogP contribution in [0.4, 0.5) is 0 Å². The number of hydrogen-bond acceptors (Lipinski definition) is 5. The van der Waals surface area contributed by atoms with E-state index < -0.39 is 5.97 Å². The molecule has 0 spiro atoms. The molecule has 96 valence electrons. The highest BCUT2D eigenvalue weighted by Crippen LogP contribution is 2.20. The van der Waals surface area contributed by atoms with Crippen molar-refractivity contribution in [3.63, 3.8) is 0 Å². The van der Waals surface area contributed by atoms with Crippen LogP contribution < -0.4 is 0 Å². The van der Waals surface area contributed by atoms with E-state index in [4.69, 9.17) is 9.26 Å². The molecule has 0 aromatic carbocycles. The molecule has 0 fully saturated rings. The second-order valence-corrected chi connectivity index (χ2v) is 4.01. The third-order valence-electron chi connectivity index (χ3n) is 2.53. The van der Waals surface area contributed by atoms with Crippen LogP contribution in [0, 0.1) is 20.8 Å². The number of aromatic nitrogens is 3. The molecule has 2 aromatic heterocycles. The lowest BCUT2D eigenvalue weighted by molar-refractivity contribution is 0.0524. The maximum atomic E-state index is 11.9. The summed E-state index contributed by atoms with van der Waals surface area (Å²) >= 11 is 0. The highest BCUT2D eigenvalue weighted by atomic mass is 16.5. The van der Waals surface area contributed by atoms with Crippen molar-refractivity contribution in [2.24, 2.45) is 0 Å². The minimum absolute atomic E-state index is 0.302. The normalized spacial score (nSPS) is 10.7. The molecule has 6 nitrogen and oxygen atoms in total. The topological polar surface area (TPSA) is 70.2 Å². The van der Waals surface area contributed by atoms with Crippen molar-refractivity contribution in [2.75, 3.05) is 6.61 Å². The Morgan fingerprint density at radius 1 is 1.44 bits per heavy atom. The van der Waals surface area contributed by atoms with Crippen LogP contribution in [0.1, 0.15) is 34.4 Å². The van der Waals surface area contributed by atoms with E-state index in [0.717, 1.165) is 11.4 Å². The summed E-state index contributed by atoms with van der Waals surface area (Å²) in [6.45, 7) is 7.51. The number of rotatable bonds is 3. The Balaban J connectivity index is 2.52. The lowest BCUT2D eigenvalue weighted by Gasteiger charge is -2.03. The number of nitrogens with zero attached hydrogens (tertiary/aromatic N) is 3. The van der Waals surface area contributed by atoms with Crippen molar-refractivity contribution < 1.29 is 14.1 Å². The molecular weight excluding hydrogens is 234 g/mol. The smallest absolute Gasteiger partial charge is 0.345 e. The standard InChI is InChI=1S/C12H15N3O3/c1-5-17-12(16)10-9(4)14-18-11(10)15-8(3)6-7(2)13-15/h6H,5H2,1-4H3. The Morgan fingerprint density at radius 3 is 2.72 bits per heavy atom. The molecule has 0 radical (unpaired) electrons. The van der Waals surface area contributed by atoms with Gasteiger partial charge >= 0.3 is 5.97 Å². The zero-order valence-corrected chi connectivity index (χ0v) is 10.9. The number of aryl methyl sites for hydroxylation is 3. The minimum Gasteiger partial charge on any atom is -0.462 e. The average molecular weight is 249 g/mol. The van der Waals surface area contributed by atoms with Gasteiger partial charge in [0.1, 0.15) is 5.56 Å². The Morgan fingerprint density at radius 2 is 2.17 bits per heavy atom. The first-order valence-corrected chi connectivity index (χ1v) is 5.71. The maximum Gasteiger partial charge on any atom is 0.345 e. The van der Waals surface area contributed by atoms with Gasteiger partial charge in [0.15, 0.2) is 0 Å². The number of ether oxygens (including phenoxy) is 1. The summed E-state index contributed by atoms with van der Waals surface area (Å²) in [5.74, 6) is -0.143. The van der Waals surface area contributed by atoms with Gasteiger partial charge in [0.2, 0.25) is 0 Å². The van der Waals surface area contributed by atoms with Crippen LogP contribution in [-0.4, -0.2) is 27.5 Å². The van der Waals surface area contributed by atoms with Crippen molar-refractivity contribution in [1.29, 1.82) is 0 Å². The lowest BCUT2D eigenvalue weighted by atomic mass is 10.2. The maximum absolute atomic E-state index is 11.9. The van der Waals surface area contributed by atoms with Gasteiger partial charge in [-0.05, 0) is 33.8 Å². The third-order valence-corrected chi connectivity index (χ3v) is 2.53. The second-order valence-electron chi connectivity index (χ2n) is 4.01. The zero-order valence-electron chi connectivity index (χ0n) is 10.9. The summed E-state index contributed by atoms with van der Waals surface area (Å²) < 4.78 is 11.7. The summed E-state index contributed by atoms with van der Waals surface area (Å²) in [6, 6.07) is 1.90. The van der Waals surface area contributed by atoms with E-state index in [2.05, 4.69) is 10.3 Å². The molecule has 0 N–H and O–H groups in total. The Labute approximate surface area is 105 Å². The van der Waals surface area contributed by atoms with E-state index in [-0.39, 0.29) is 0 Å². The highest BCUT2D eigenvalue weighted by molar-refractivity contribution is 5.93. The molecule has 18 heavy (non-hydrogen) atoms. The molecule has 0 saturated carbocycles. The molecule has 0 aliphatic rings. The predicted octanol–water partition coefficient (Wildman–Crippen LogP) is 1.96. The van der Waals surface area contributed by atoms with Crippen molar-refractivity contribution in [3.05, 3.63) is 28.7 Å². The second kappa shape index (κ2) is 4.64. The lowest BCUT2D eigenvalue weighted by Crippen LogP contribution is -2.10. The van der Waals surface area contributed by atoms with Crippen LogP contribution in [0.15, 0.2) is 10.6 Å². The van der Waals surface area contributed by atoms with Crippen molar-refractivity contribution >= 4 is 5.97 Å². The third kappa shape index (κ3) is 2.01. The first kappa shape index (κ1) is 12.3. The number of hydrogen-bond donors (Lipinski definition) is 0. The Bertz CT molecular complexity index is 583. The Kier molecular flexibility index (Phi) is 3.18. The first-order chi connectivity index (χ1) is 8.54. The summed E-state index contributed by atoms with van der Waals surface area (Å²) in [6.07, 6.45) is 0. The molecule has 0 aliphatic heterocycles.